The van der Waals surface area contributed by atoms with E-state index in [1.807, 2.05) is 23.1 Å². The molecule has 0 N–H and O–H groups in total. The second kappa shape index (κ2) is 10.2. The Balaban J connectivity index is 1.81. The van der Waals surface area contributed by atoms with Gasteiger partial charge in [0, 0.05) is 51.9 Å². The maximum atomic E-state index is 12.8. The molecular formula is C22H30N4O4S. The van der Waals surface area contributed by atoms with Gasteiger partial charge < -0.3 is 4.90 Å². The van der Waals surface area contributed by atoms with Crippen molar-refractivity contribution in [1.29, 1.82) is 0 Å². The summed E-state index contributed by atoms with van der Waals surface area (Å²) in [6, 6.07) is 14.5. The molecule has 1 heterocycles. The van der Waals surface area contributed by atoms with Gasteiger partial charge in [-0.1, -0.05) is 44.2 Å². The molecule has 31 heavy (non-hydrogen) atoms. The number of rotatable bonds is 8. The van der Waals surface area contributed by atoms with Crippen LogP contribution >= 0.6 is 0 Å². The van der Waals surface area contributed by atoms with Gasteiger partial charge in [-0.3, -0.25) is 15.0 Å². The number of nitrogens with zero attached hydrogens (tertiary/aromatic N) is 4. The molecule has 168 valence electrons. The highest BCUT2D eigenvalue weighted by atomic mass is 32.2. The van der Waals surface area contributed by atoms with Gasteiger partial charge in [-0.15, -0.1) is 0 Å². The van der Waals surface area contributed by atoms with E-state index >= 15 is 0 Å². The molecule has 1 saturated heterocycles. The molecule has 9 heteroatoms. The van der Waals surface area contributed by atoms with Crippen LogP contribution in [0.5, 0.6) is 0 Å². The van der Waals surface area contributed by atoms with E-state index in [1.165, 1.54) is 22.0 Å². The first-order valence-corrected chi connectivity index (χ1v) is 12.1. The third kappa shape index (κ3) is 5.41. The molecule has 0 atom stereocenters. The average molecular weight is 447 g/mol. The van der Waals surface area contributed by atoms with Gasteiger partial charge in [0.05, 0.1) is 9.82 Å². The Kier molecular flexibility index (Phi) is 7.64. The van der Waals surface area contributed by atoms with Gasteiger partial charge in [-0.2, -0.15) is 4.31 Å². The lowest BCUT2D eigenvalue weighted by molar-refractivity contribution is -0.384. The quantitative estimate of drug-likeness (QED) is 0.457. The van der Waals surface area contributed by atoms with Crippen molar-refractivity contribution in [3.63, 3.8) is 0 Å². The Morgan fingerprint density at radius 3 is 2.35 bits per heavy atom. The van der Waals surface area contributed by atoms with Crippen molar-refractivity contribution in [2.75, 3.05) is 44.2 Å². The number of sulfonamides is 1. The minimum atomic E-state index is -3.75. The molecule has 0 amide bonds. The first-order chi connectivity index (χ1) is 14.9. The second-order valence-corrected chi connectivity index (χ2v) is 9.54. The van der Waals surface area contributed by atoms with E-state index in [-0.39, 0.29) is 10.6 Å². The topological polar surface area (TPSA) is 87.0 Å². The van der Waals surface area contributed by atoms with E-state index in [9.17, 15) is 18.5 Å². The van der Waals surface area contributed by atoms with Crippen LogP contribution in [0.2, 0.25) is 0 Å². The highest BCUT2D eigenvalue weighted by Gasteiger charge is 2.28. The van der Waals surface area contributed by atoms with Gasteiger partial charge in [-0.05, 0) is 24.1 Å². The van der Waals surface area contributed by atoms with Gasteiger partial charge in [0.1, 0.15) is 5.69 Å². The zero-order chi connectivity index (χ0) is 22.4. The smallest absolute Gasteiger partial charge is 0.293 e. The van der Waals surface area contributed by atoms with Crippen molar-refractivity contribution in [2.24, 2.45) is 0 Å². The third-order valence-corrected chi connectivity index (χ3v) is 7.71. The molecular weight excluding hydrogens is 416 g/mol. The van der Waals surface area contributed by atoms with Crippen LogP contribution in [-0.4, -0.2) is 61.8 Å². The van der Waals surface area contributed by atoms with Gasteiger partial charge in [0.2, 0.25) is 10.0 Å². The minimum absolute atomic E-state index is 0.0350. The Hall–Kier alpha value is -2.49. The fraction of sp³-hybridized carbons (Fsp3) is 0.455. The summed E-state index contributed by atoms with van der Waals surface area (Å²) < 4.78 is 26.9. The Morgan fingerprint density at radius 2 is 1.71 bits per heavy atom. The molecule has 2 aromatic rings. The summed E-state index contributed by atoms with van der Waals surface area (Å²) in [7, 11) is -3.75. The van der Waals surface area contributed by atoms with E-state index < -0.39 is 14.9 Å². The number of nitro benzene ring substituents is 1. The van der Waals surface area contributed by atoms with Crippen LogP contribution in [0, 0.1) is 10.1 Å². The molecule has 0 aliphatic carbocycles. The lowest BCUT2D eigenvalue weighted by Gasteiger charge is -2.24. The lowest BCUT2D eigenvalue weighted by Crippen LogP contribution is -2.32. The first-order valence-electron chi connectivity index (χ1n) is 10.7. The average Bonchev–Trinajstić information content (AvgIpc) is 3.00. The number of hydrogen-bond acceptors (Lipinski definition) is 6. The lowest BCUT2D eigenvalue weighted by atomic mass is 10.2. The van der Waals surface area contributed by atoms with Gasteiger partial charge in [0.15, 0.2) is 0 Å². The molecule has 0 aromatic heterocycles. The van der Waals surface area contributed by atoms with Gasteiger partial charge >= 0.3 is 0 Å². The van der Waals surface area contributed by atoms with E-state index in [0.29, 0.717) is 31.9 Å². The maximum Gasteiger partial charge on any atom is 0.293 e. The molecule has 0 radical (unpaired) electrons. The highest BCUT2D eigenvalue weighted by Crippen LogP contribution is 2.32. The number of anilines is 1. The zero-order valence-electron chi connectivity index (χ0n) is 18.1. The molecule has 8 nitrogen and oxygen atoms in total. The van der Waals surface area contributed by atoms with Crippen molar-refractivity contribution >= 4 is 21.4 Å². The third-order valence-electron chi connectivity index (χ3n) is 5.66. The van der Waals surface area contributed by atoms with Crippen molar-refractivity contribution in [3.8, 4) is 0 Å². The van der Waals surface area contributed by atoms with Crippen LogP contribution in [0.25, 0.3) is 0 Å². The van der Waals surface area contributed by atoms with Gasteiger partial charge in [0.25, 0.3) is 5.69 Å². The van der Waals surface area contributed by atoms with E-state index in [1.54, 1.807) is 19.9 Å². The summed E-state index contributed by atoms with van der Waals surface area (Å²) in [6.07, 6.45) is 0.878. The number of hydrogen-bond donors (Lipinski definition) is 0. The predicted octanol–water partition coefficient (Wildman–Crippen LogP) is 3.34. The Labute approximate surface area is 184 Å². The normalized spacial score (nSPS) is 15.8. The Morgan fingerprint density at radius 1 is 1.00 bits per heavy atom. The first kappa shape index (κ1) is 23.2. The SMILES string of the molecule is CCN(CC)S(=O)(=O)c1ccc(N2CCCN(Cc3ccccc3)CC2)c([N+](=O)[O-])c1. The molecule has 0 saturated carbocycles. The van der Waals surface area contributed by atoms with Crippen LogP contribution in [-0.2, 0) is 16.6 Å². The summed E-state index contributed by atoms with van der Waals surface area (Å²) in [4.78, 5) is 15.6. The van der Waals surface area contributed by atoms with Crippen LogP contribution in [0.1, 0.15) is 25.8 Å². The molecule has 1 aliphatic heterocycles. The predicted molar refractivity (Wildman–Crippen MR) is 122 cm³/mol. The fourth-order valence-corrected chi connectivity index (χ4v) is 5.48. The van der Waals surface area contributed by atoms with E-state index in [4.69, 9.17) is 0 Å². The fourth-order valence-electron chi connectivity index (χ4n) is 4.00. The summed E-state index contributed by atoms with van der Waals surface area (Å²) in [5.41, 5.74) is 1.56. The molecule has 0 spiro atoms. The van der Waals surface area contributed by atoms with Crippen molar-refractivity contribution < 1.29 is 13.3 Å². The van der Waals surface area contributed by atoms with Gasteiger partial charge in [-0.25, -0.2) is 8.42 Å². The standard InChI is InChI=1S/C22H30N4O4S/c1-3-25(4-2)31(29,30)20-11-12-21(22(17-20)26(27)28)24-14-8-13-23(15-16-24)18-19-9-6-5-7-10-19/h5-7,9-12,17H,3-4,8,13-16,18H2,1-2H3. The number of benzene rings is 2. The summed E-state index contributed by atoms with van der Waals surface area (Å²) in [5.74, 6) is 0. The summed E-state index contributed by atoms with van der Waals surface area (Å²) >= 11 is 0. The molecule has 0 unspecified atom stereocenters. The second-order valence-electron chi connectivity index (χ2n) is 7.60. The summed E-state index contributed by atoms with van der Waals surface area (Å²) in [5, 5.41) is 11.8. The molecule has 0 bridgehead atoms. The van der Waals surface area contributed by atoms with Crippen molar-refractivity contribution in [1.82, 2.24) is 9.21 Å². The molecule has 3 rings (SSSR count). The van der Waals surface area contributed by atoms with Crippen molar-refractivity contribution in [2.45, 2.75) is 31.7 Å². The molecule has 1 aliphatic rings. The maximum absolute atomic E-state index is 12.8. The van der Waals surface area contributed by atoms with Crippen molar-refractivity contribution in [3.05, 3.63) is 64.2 Å². The van der Waals surface area contributed by atoms with Crippen LogP contribution in [0.15, 0.2) is 53.4 Å². The minimum Gasteiger partial charge on any atom is -0.365 e. The molecule has 2 aromatic carbocycles. The van der Waals surface area contributed by atoms with Crippen LogP contribution in [0.4, 0.5) is 11.4 Å². The zero-order valence-corrected chi connectivity index (χ0v) is 18.9. The van der Waals surface area contributed by atoms with E-state index in [2.05, 4.69) is 17.0 Å². The monoisotopic (exact) mass is 446 g/mol. The summed E-state index contributed by atoms with van der Waals surface area (Å²) in [6.45, 7) is 8.01. The molecule has 1 fully saturated rings. The van der Waals surface area contributed by atoms with Crippen LogP contribution < -0.4 is 4.90 Å². The Bertz CT molecular complexity index is 994. The number of nitro groups is 1. The van der Waals surface area contributed by atoms with E-state index in [0.717, 1.165) is 26.1 Å². The largest absolute Gasteiger partial charge is 0.365 e. The van der Waals surface area contributed by atoms with Crippen LogP contribution in [0.3, 0.4) is 0 Å². The highest BCUT2D eigenvalue weighted by molar-refractivity contribution is 7.89.